The van der Waals surface area contributed by atoms with E-state index < -0.39 is 7.40 Å². The van der Waals surface area contributed by atoms with Crippen molar-refractivity contribution in [2.45, 2.75) is 4.90 Å². The Morgan fingerprint density at radius 1 is 0.902 bits per heavy atom. The van der Waals surface area contributed by atoms with Gasteiger partial charge in [0.25, 0.3) is 0 Å². The number of anilines is 1. The van der Waals surface area contributed by atoms with Gasteiger partial charge in [-0.15, -0.1) is 0 Å². The smallest absolute Gasteiger partial charge is 0.338 e. The molecule has 3 nitrogen and oxygen atoms in total. The molecule has 2 aliphatic rings. The first-order valence-electron chi connectivity index (χ1n) is 12.8. The average molecular weight is 600 g/mol. The molecule has 0 saturated carbocycles. The largest absolute Gasteiger partial charge is 0.678 e. The molecule has 2 aliphatic heterocycles. The molecule has 0 spiro atoms. The minimum atomic E-state index is -2.85. The first-order valence-corrected chi connectivity index (χ1v) is 14.4. The molecular formula is C32H22BCl2F2N3S. The second-order valence-corrected chi connectivity index (χ2v) is 11.2. The molecule has 202 valence electrons. The fraction of sp³-hybridized carbons (Fsp3) is 0.0312. The van der Waals surface area contributed by atoms with Crippen molar-refractivity contribution in [3.05, 3.63) is 147 Å². The molecule has 0 atom stereocenters. The molecule has 6 rings (SSSR count). The standard InChI is InChI=1S/C32H22BCl2F2N3S/c1-39-27-16-8-9-17-29(27)41-30(39)18-10-15-23(26-19-24(34)31(38-26)21-11-4-2-5-12-21)28-20-25(35)32(40(28)33(36)37)22-13-6-3-7-14-22/h2-20H,1H3/b15-10+,26-23+,30-18+. The zero-order valence-electron chi connectivity index (χ0n) is 21.8. The number of fused-ring (bicyclic) bond motifs is 1. The number of thioether (sulfide) groups is 1. The fourth-order valence-corrected chi connectivity index (χ4v) is 6.52. The number of nitrogens with zero attached hydrogens (tertiary/aromatic N) is 3. The van der Waals surface area contributed by atoms with Crippen molar-refractivity contribution in [1.29, 1.82) is 0 Å². The molecule has 3 heterocycles. The summed E-state index contributed by atoms with van der Waals surface area (Å²) in [7, 11) is -0.846. The van der Waals surface area contributed by atoms with Crippen molar-refractivity contribution in [1.82, 2.24) is 4.48 Å². The van der Waals surface area contributed by atoms with Gasteiger partial charge >= 0.3 is 7.40 Å². The Bertz CT molecular complexity index is 1780. The summed E-state index contributed by atoms with van der Waals surface area (Å²) >= 11 is 14.9. The highest BCUT2D eigenvalue weighted by atomic mass is 35.5. The van der Waals surface area contributed by atoms with Crippen molar-refractivity contribution in [2.24, 2.45) is 4.99 Å². The Hall–Kier alpha value is -3.78. The highest BCUT2D eigenvalue weighted by Crippen LogP contribution is 2.45. The minimum Gasteiger partial charge on any atom is -0.338 e. The third kappa shape index (κ3) is 5.33. The van der Waals surface area contributed by atoms with Gasteiger partial charge in [0.2, 0.25) is 0 Å². The van der Waals surface area contributed by atoms with Crippen molar-refractivity contribution in [3.8, 4) is 11.3 Å². The summed E-state index contributed by atoms with van der Waals surface area (Å²) in [5.74, 6) is 0. The molecule has 3 aromatic carbocycles. The molecule has 0 amide bonds. The maximum Gasteiger partial charge on any atom is 0.678 e. The topological polar surface area (TPSA) is 20.5 Å². The van der Waals surface area contributed by atoms with Gasteiger partial charge in [0, 0.05) is 28.8 Å². The highest BCUT2D eigenvalue weighted by Gasteiger charge is 2.30. The van der Waals surface area contributed by atoms with Crippen LogP contribution in [0, 0.1) is 0 Å². The molecule has 0 unspecified atom stereocenters. The molecule has 0 radical (unpaired) electrons. The third-order valence-electron chi connectivity index (χ3n) is 6.83. The van der Waals surface area contributed by atoms with E-state index in [1.54, 1.807) is 54.2 Å². The second-order valence-electron chi connectivity index (χ2n) is 9.35. The van der Waals surface area contributed by atoms with Crippen LogP contribution in [0.2, 0.25) is 5.02 Å². The van der Waals surface area contributed by atoms with Crippen LogP contribution >= 0.6 is 35.0 Å². The number of hydrogen-bond donors (Lipinski definition) is 0. The molecule has 1 aromatic heterocycles. The summed E-state index contributed by atoms with van der Waals surface area (Å²) < 4.78 is 30.5. The predicted octanol–water partition coefficient (Wildman–Crippen LogP) is 9.56. The van der Waals surface area contributed by atoms with Gasteiger partial charge in [-0.2, -0.15) is 0 Å². The van der Waals surface area contributed by atoms with Crippen molar-refractivity contribution in [2.75, 3.05) is 11.9 Å². The van der Waals surface area contributed by atoms with Gasteiger partial charge < -0.3 is 9.38 Å². The number of halogens is 4. The highest BCUT2D eigenvalue weighted by molar-refractivity contribution is 8.03. The van der Waals surface area contributed by atoms with Crippen LogP contribution in [0.15, 0.2) is 141 Å². The van der Waals surface area contributed by atoms with Gasteiger partial charge in [-0.1, -0.05) is 120 Å². The predicted molar refractivity (Wildman–Crippen MR) is 170 cm³/mol. The van der Waals surface area contributed by atoms with Crippen LogP contribution in [0.3, 0.4) is 0 Å². The molecule has 0 saturated heterocycles. The Labute approximate surface area is 252 Å². The number of rotatable bonds is 6. The number of para-hydroxylation sites is 1. The summed E-state index contributed by atoms with van der Waals surface area (Å²) in [4.78, 5) is 8.06. The van der Waals surface area contributed by atoms with Crippen LogP contribution in [-0.4, -0.2) is 24.6 Å². The maximum atomic E-state index is 14.8. The lowest BCUT2D eigenvalue weighted by Crippen LogP contribution is -2.17. The summed E-state index contributed by atoms with van der Waals surface area (Å²) in [6.07, 6.45) is 7.31. The molecule has 0 aliphatic carbocycles. The van der Waals surface area contributed by atoms with E-state index in [1.165, 1.54) is 0 Å². The van der Waals surface area contributed by atoms with Crippen LogP contribution in [0.25, 0.3) is 16.8 Å². The Balaban J connectivity index is 1.50. The second kappa shape index (κ2) is 11.6. The molecule has 0 bridgehead atoms. The van der Waals surface area contributed by atoms with Gasteiger partial charge in [0.1, 0.15) is 0 Å². The van der Waals surface area contributed by atoms with Gasteiger partial charge in [-0.25, -0.2) is 4.99 Å². The maximum absolute atomic E-state index is 14.8. The Morgan fingerprint density at radius 3 is 2.24 bits per heavy atom. The molecular weight excluding hydrogens is 578 g/mol. The van der Waals surface area contributed by atoms with E-state index in [-0.39, 0.29) is 16.4 Å². The SMILES string of the molecule is CN1\C(=C/C=C/C(=C2/C=C(Cl)C(c3ccccc3)=N2)c2cc(Cl)c(-c3ccccc3)n2B(F)F)Sc2ccccc21. The minimum absolute atomic E-state index is 0.221. The van der Waals surface area contributed by atoms with E-state index >= 15 is 0 Å². The van der Waals surface area contributed by atoms with Crippen LogP contribution < -0.4 is 4.90 Å². The normalized spacial score (nSPS) is 16.8. The van der Waals surface area contributed by atoms with Crippen molar-refractivity contribution >= 4 is 59.3 Å². The number of benzene rings is 3. The van der Waals surface area contributed by atoms with Gasteiger partial charge in [0.05, 0.1) is 37.9 Å². The zero-order chi connectivity index (χ0) is 28.5. The van der Waals surface area contributed by atoms with Crippen LogP contribution in [0.5, 0.6) is 0 Å². The van der Waals surface area contributed by atoms with Crippen molar-refractivity contribution < 1.29 is 8.63 Å². The van der Waals surface area contributed by atoms with Crippen molar-refractivity contribution in [3.63, 3.8) is 0 Å². The van der Waals surface area contributed by atoms with E-state index in [2.05, 4.69) is 17.0 Å². The monoisotopic (exact) mass is 599 g/mol. The Kier molecular flexibility index (Phi) is 7.76. The summed E-state index contributed by atoms with van der Waals surface area (Å²) in [6.45, 7) is 0. The van der Waals surface area contributed by atoms with E-state index in [0.29, 0.717) is 27.6 Å². The first kappa shape index (κ1) is 27.4. The number of allylic oxidation sites excluding steroid dienone is 6. The Morgan fingerprint density at radius 2 is 1.56 bits per heavy atom. The van der Waals surface area contributed by atoms with Gasteiger partial charge in [-0.05, 0) is 35.9 Å². The van der Waals surface area contributed by atoms with Crippen LogP contribution in [0.4, 0.5) is 14.3 Å². The quantitative estimate of drug-likeness (QED) is 0.206. The number of aromatic nitrogens is 1. The zero-order valence-corrected chi connectivity index (χ0v) is 24.1. The number of hydrogen-bond acceptors (Lipinski definition) is 3. The first-order chi connectivity index (χ1) is 19.9. The lowest BCUT2D eigenvalue weighted by atomic mass is 10.1. The van der Waals surface area contributed by atoms with Gasteiger partial charge in [0.15, 0.2) is 0 Å². The van der Waals surface area contributed by atoms with Crippen LogP contribution in [0.1, 0.15) is 11.3 Å². The number of aliphatic imine (C=N–C) groups is 1. The van der Waals surface area contributed by atoms with E-state index in [1.807, 2.05) is 67.7 Å². The summed E-state index contributed by atoms with van der Waals surface area (Å²) in [6, 6.07) is 28.2. The third-order valence-corrected chi connectivity index (χ3v) is 8.59. The lowest BCUT2D eigenvalue weighted by Gasteiger charge is -2.13. The molecule has 4 aromatic rings. The summed E-state index contributed by atoms with van der Waals surface area (Å²) in [5.41, 5.74) is 4.54. The molecule has 0 N–H and O–H groups in total. The average Bonchev–Trinajstić information content (AvgIpc) is 3.64. The summed E-state index contributed by atoms with van der Waals surface area (Å²) in [5, 5.41) is 1.66. The van der Waals surface area contributed by atoms with E-state index in [0.717, 1.165) is 25.7 Å². The molecule has 9 heteroatoms. The van der Waals surface area contributed by atoms with Gasteiger partial charge in [-0.3, -0.25) is 8.63 Å². The van der Waals surface area contributed by atoms with Crippen LogP contribution in [-0.2, 0) is 0 Å². The lowest BCUT2D eigenvalue weighted by molar-refractivity contribution is 0.630. The van der Waals surface area contributed by atoms with E-state index in [9.17, 15) is 8.63 Å². The molecule has 0 fully saturated rings. The van der Waals surface area contributed by atoms with E-state index in [4.69, 9.17) is 28.2 Å². The molecule has 41 heavy (non-hydrogen) atoms. The fourth-order valence-electron chi connectivity index (χ4n) is 4.90.